The molecule has 0 unspecified atom stereocenters. The van der Waals surface area contributed by atoms with Crippen LogP contribution in [0.25, 0.3) is 0 Å². The average Bonchev–Trinajstić information content (AvgIpc) is 3.00. The molecule has 1 aromatic heterocycles. The van der Waals surface area contributed by atoms with Crippen LogP contribution in [0.3, 0.4) is 0 Å². The number of hydrogen-bond donors (Lipinski definition) is 1. The van der Waals surface area contributed by atoms with Crippen molar-refractivity contribution in [2.45, 2.75) is 18.8 Å². The van der Waals surface area contributed by atoms with Crippen molar-refractivity contribution in [2.75, 3.05) is 19.0 Å². The van der Waals surface area contributed by atoms with Crippen LogP contribution in [0.4, 0.5) is 5.95 Å². The fourth-order valence-corrected chi connectivity index (χ4v) is 1.35. The van der Waals surface area contributed by atoms with Gasteiger partial charge in [-0.2, -0.15) is 0 Å². The molecule has 1 saturated carbocycles. The van der Waals surface area contributed by atoms with Crippen LogP contribution in [0.1, 0.15) is 34.9 Å². The molecule has 1 heterocycles. The smallest absolute Gasteiger partial charge is 0.354 e. The molecule has 1 aromatic rings. The lowest BCUT2D eigenvalue weighted by molar-refractivity contribution is 0.0690. The Balaban J connectivity index is 2.43. The van der Waals surface area contributed by atoms with Crippen molar-refractivity contribution in [3.05, 3.63) is 17.5 Å². The molecule has 0 radical (unpaired) electrons. The molecule has 1 aliphatic carbocycles. The van der Waals surface area contributed by atoms with E-state index in [4.69, 9.17) is 5.11 Å². The number of aromatic carboxylic acids is 1. The molecular formula is C10H13N3O2. The van der Waals surface area contributed by atoms with Gasteiger partial charge in [-0.1, -0.05) is 0 Å². The normalized spacial score (nSPS) is 15.1. The minimum atomic E-state index is -0.998. The van der Waals surface area contributed by atoms with Gasteiger partial charge in [0.1, 0.15) is 0 Å². The first kappa shape index (κ1) is 9.89. The second kappa shape index (κ2) is 3.49. The lowest BCUT2D eigenvalue weighted by Gasteiger charge is -2.11. The molecule has 0 bridgehead atoms. The zero-order valence-corrected chi connectivity index (χ0v) is 8.77. The quantitative estimate of drug-likeness (QED) is 0.804. The van der Waals surface area contributed by atoms with Gasteiger partial charge in [-0.05, 0) is 18.9 Å². The Labute approximate surface area is 87.8 Å². The predicted molar refractivity (Wildman–Crippen MR) is 55.3 cm³/mol. The average molecular weight is 207 g/mol. The third-order valence-electron chi connectivity index (χ3n) is 2.35. The van der Waals surface area contributed by atoms with Crippen LogP contribution in [0.5, 0.6) is 0 Å². The zero-order chi connectivity index (χ0) is 11.0. The Morgan fingerprint density at radius 3 is 2.60 bits per heavy atom. The summed E-state index contributed by atoms with van der Waals surface area (Å²) in [7, 11) is 3.61. The first-order chi connectivity index (χ1) is 7.08. The molecule has 5 nitrogen and oxygen atoms in total. The van der Waals surface area contributed by atoms with Crippen molar-refractivity contribution in [2.24, 2.45) is 0 Å². The highest BCUT2D eigenvalue weighted by atomic mass is 16.4. The Morgan fingerprint density at radius 2 is 2.13 bits per heavy atom. The minimum absolute atomic E-state index is 0.0793. The largest absolute Gasteiger partial charge is 0.477 e. The summed E-state index contributed by atoms with van der Waals surface area (Å²) in [6.07, 6.45) is 2.20. The van der Waals surface area contributed by atoms with Gasteiger partial charge < -0.3 is 10.0 Å². The van der Waals surface area contributed by atoms with E-state index >= 15 is 0 Å². The lowest BCUT2D eigenvalue weighted by atomic mass is 10.2. The summed E-state index contributed by atoms with van der Waals surface area (Å²) < 4.78 is 0. The molecule has 0 spiro atoms. The number of anilines is 1. The monoisotopic (exact) mass is 207 g/mol. The fourth-order valence-electron chi connectivity index (χ4n) is 1.35. The number of nitrogens with zero attached hydrogens (tertiary/aromatic N) is 3. The van der Waals surface area contributed by atoms with E-state index in [-0.39, 0.29) is 5.69 Å². The Kier molecular flexibility index (Phi) is 2.30. The summed E-state index contributed by atoms with van der Waals surface area (Å²) in [5, 5.41) is 8.91. The number of hydrogen-bond acceptors (Lipinski definition) is 4. The summed E-state index contributed by atoms with van der Waals surface area (Å²) in [5.74, 6) is -0.0935. The summed E-state index contributed by atoms with van der Waals surface area (Å²) in [4.78, 5) is 20.9. The molecule has 5 heteroatoms. The van der Waals surface area contributed by atoms with Gasteiger partial charge in [-0.15, -0.1) is 0 Å². The molecule has 80 valence electrons. The third kappa shape index (κ3) is 2.06. The van der Waals surface area contributed by atoms with Crippen LogP contribution in [0, 0.1) is 0 Å². The maximum absolute atomic E-state index is 10.9. The van der Waals surface area contributed by atoms with Gasteiger partial charge in [-0.25, -0.2) is 14.8 Å². The Morgan fingerprint density at radius 1 is 1.47 bits per heavy atom. The van der Waals surface area contributed by atoms with Crippen molar-refractivity contribution in [3.63, 3.8) is 0 Å². The van der Waals surface area contributed by atoms with Crippen LogP contribution in [0.15, 0.2) is 6.07 Å². The molecule has 15 heavy (non-hydrogen) atoms. The van der Waals surface area contributed by atoms with Crippen molar-refractivity contribution in [1.82, 2.24) is 9.97 Å². The number of carbonyl (C=O) groups is 1. The summed E-state index contributed by atoms with van der Waals surface area (Å²) in [6, 6.07) is 1.58. The fraction of sp³-hybridized carbons (Fsp3) is 0.500. The number of aromatic nitrogens is 2. The van der Waals surface area contributed by atoms with E-state index in [0.29, 0.717) is 11.9 Å². The molecule has 2 rings (SSSR count). The van der Waals surface area contributed by atoms with Crippen LogP contribution in [-0.2, 0) is 0 Å². The highest BCUT2D eigenvalue weighted by Gasteiger charge is 2.27. The van der Waals surface area contributed by atoms with Gasteiger partial charge in [0, 0.05) is 25.7 Å². The van der Waals surface area contributed by atoms with Gasteiger partial charge in [0.15, 0.2) is 5.69 Å². The van der Waals surface area contributed by atoms with Gasteiger partial charge in [0.05, 0.1) is 0 Å². The van der Waals surface area contributed by atoms with Gasteiger partial charge >= 0.3 is 5.97 Å². The number of carboxylic acids is 1. The predicted octanol–water partition coefficient (Wildman–Crippen LogP) is 1.12. The van der Waals surface area contributed by atoms with E-state index in [1.165, 1.54) is 0 Å². The zero-order valence-electron chi connectivity index (χ0n) is 8.77. The molecule has 0 aliphatic heterocycles. The summed E-state index contributed by atoms with van der Waals surface area (Å²) in [6.45, 7) is 0. The van der Waals surface area contributed by atoms with Crippen LogP contribution in [-0.4, -0.2) is 35.1 Å². The van der Waals surface area contributed by atoms with Crippen molar-refractivity contribution in [3.8, 4) is 0 Å². The van der Waals surface area contributed by atoms with Gasteiger partial charge in [0.2, 0.25) is 5.95 Å². The van der Waals surface area contributed by atoms with E-state index in [0.717, 1.165) is 18.5 Å². The van der Waals surface area contributed by atoms with E-state index < -0.39 is 5.97 Å². The maximum Gasteiger partial charge on any atom is 0.354 e. The Hall–Kier alpha value is -1.65. The van der Waals surface area contributed by atoms with Crippen LogP contribution < -0.4 is 4.90 Å². The van der Waals surface area contributed by atoms with Gasteiger partial charge in [0.25, 0.3) is 0 Å². The van der Waals surface area contributed by atoms with Crippen LogP contribution in [0.2, 0.25) is 0 Å². The molecule has 1 aliphatic rings. The molecular weight excluding hydrogens is 194 g/mol. The van der Waals surface area contributed by atoms with Crippen LogP contribution >= 0.6 is 0 Å². The summed E-state index contributed by atoms with van der Waals surface area (Å²) >= 11 is 0. The van der Waals surface area contributed by atoms with E-state index in [1.54, 1.807) is 25.1 Å². The minimum Gasteiger partial charge on any atom is -0.477 e. The SMILES string of the molecule is CN(C)c1nc(C(=O)O)cc(C2CC2)n1. The summed E-state index contributed by atoms with van der Waals surface area (Å²) in [5.41, 5.74) is 0.932. The number of carboxylic acid groups (broad SMARTS) is 1. The first-order valence-corrected chi connectivity index (χ1v) is 4.87. The van der Waals surface area contributed by atoms with Crippen molar-refractivity contribution >= 4 is 11.9 Å². The van der Waals surface area contributed by atoms with Crippen molar-refractivity contribution in [1.29, 1.82) is 0 Å². The third-order valence-corrected chi connectivity index (χ3v) is 2.35. The van der Waals surface area contributed by atoms with E-state index in [1.807, 2.05) is 0 Å². The molecule has 0 atom stereocenters. The van der Waals surface area contributed by atoms with E-state index in [9.17, 15) is 4.79 Å². The maximum atomic E-state index is 10.9. The topological polar surface area (TPSA) is 66.3 Å². The number of rotatable bonds is 3. The highest BCUT2D eigenvalue weighted by molar-refractivity contribution is 5.85. The first-order valence-electron chi connectivity index (χ1n) is 4.87. The van der Waals surface area contributed by atoms with Crippen molar-refractivity contribution < 1.29 is 9.90 Å². The van der Waals surface area contributed by atoms with Gasteiger partial charge in [-0.3, -0.25) is 0 Å². The molecule has 0 amide bonds. The second-order valence-electron chi connectivity index (χ2n) is 3.95. The molecule has 0 saturated heterocycles. The second-order valence-corrected chi connectivity index (χ2v) is 3.95. The molecule has 1 N–H and O–H groups in total. The van der Waals surface area contributed by atoms with E-state index in [2.05, 4.69) is 9.97 Å². The molecule has 1 fully saturated rings. The standard InChI is InChI=1S/C10H13N3O2/c1-13(2)10-11-7(6-3-4-6)5-8(12-10)9(14)15/h5-6H,3-4H2,1-2H3,(H,14,15). The highest BCUT2D eigenvalue weighted by Crippen LogP contribution is 2.39. The lowest BCUT2D eigenvalue weighted by Crippen LogP contribution is -2.16. The Bertz CT molecular complexity index is 379. The molecule has 0 aromatic carbocycles.